The number of hydrogen-bond acceptors (Lipinski definition) is 6. The molecule has 0 unspecified atom stereocenters. The molecule has 4 atom stereocenters. The number of benzene rings is 2. The van der Waals surface area contributed by atoms with E-state index in [9.17, 15) is 14.7 Å². The summed E-state index contributed by atoms with van der Waals surface area (Å²) in [6, 6.07) is 15.7. The molecule has 3 aliphatic heterocycles. The Morgan fingerprint density at radius 2 is 1.86 bits per heavy atom. The summed E-state index contributed by atoms with van der Waals surface area (Å²) in [6.45, 7) is 1.61. The van der Waals surface area contributed by atoms with E-state index in [4.69, 9.17) is 14.2 Å². The van der Waals surface area contributed by atoms with Crippen LogP contribution in [-0.4, -0.2) is 61.6 Å². The zero-order chi connectivity index (χ0) is 24.9. The normalized spacial score (nSPS) is 25.4. The van der Waals surface area contributed by atoms with E-state index in [1.165, 1.54) is 5.56 Å². The van der Waals surface area contributed by atoms with Crippen LogP contribution in [0.2, 0.25) is 0 Å². The van der Waals surface area contributed by atoms with Crippen molar-refractivity contribution in [3.63, 3.8) is 0 Å². The highest BCUT2D eigenvalue weighted by atomic mass is 16.6. The SMILES string of the molecule is O=C(C[C@H]1C[C@@H]2c3cc(NC(=O)C4CCOCC4)ccc3O[C@@H]2[C@@H](CO)O1)NCCc1ccccc1. The van der Waals surface area contributed by atoms with Gasteiger partial charge in [-0.1, -0.05) is 30.3 Å². The third-order valence-corrected chi connectivity index (χ3v) is 7.35. The first-order valence-corrected chi connectivity index (χ1v) is 12.9. The van der Waals surface area contributed by atoms with Gasteiger partial charge >= 0.3 is 0 Å². The maximum Gasteiger partial charge on any atom is 0.227 e. The quantitative estimate of drug-likeness (QED) is 0.521. The average Bonchev–Trinajstić information content (AvgIpc) is 3.27. The molecule has 2 aromatic carbocycles. The van der Waals surface area contributed by atoms with Crippen LogP contribution in [0.4, 0.5) is 5.69 Å². The molecule has 2 fully saturated rings. The van der Waals surface area contributed by atoms with Crippen LogP contribution >= 0.6 is 0 Å². The predicted octanol–water partition coefficient (Wildman–Crippen LogP) is 2.80. The van der Waals surface area contributed by atoms with Crippen LogP contribution in [0.15, 0.2) is 48.5 Å². The van der Waals surface area contributed by atoms with Gasteiger partial charge in [0.1, 0.15) is 18.0 Å². The van der Waals surface area contributed by atoms with Crippen LogP contribution in [-0.2, 0) is 25.5 Å². The average molecular weight is 495 g/mol. The first-order valence-electron chi connectivity index (χ1n) is 12.9. The molecule has 0 bridgehead atoms. The molecular formula is C28H34N2O6. The first-order chi connectivity index (χ1) is 17.6. The van der Waals surface area contributed by atoms with Crippen molar-refractivity contribution in [2.75, 3.05) is 31.7 Å². The molecule has 3 N–H and O–H groups in total. The predicted molar refractivity (Wildman–Crippen MR) is 134 cm³/mol. The van der Waals surface area contributed by atoms with Crippen LogP contribution in [0.25, 0.3) is 0 Å². The van der Waals surface area contributed by atoms with Crippen molar-refractivity contribution in [1.29, 1.82) is 0 Å². The summed E-state index contributed by atoms with van der Waals surface area (Å²) in [4.78, 5) is 25.3. The zero-order valence-corrected chi connectivity index (χ0v) is 20.4. The smallest absolute Gasteiger partial charge is 0.227 e. The molecule has 0 aliphatic carbocycles. The van der Waals surface area contributed by atoms with Crippen molar-refractivity contribution < 1.29 is 28.9 Å². The molecule has 8 heteroatoms. The molecule has 192 valence electrons. The number of aliphatic hydroxyl groups is 1. The molecule has 5 rings (SSSR count). The molecule has 0 radical (unpaired) electrons. The van der Waals surface area contributed by atoms with E-state index in [1.807, 2.05) is 48.5 Å². The molecule has 3 aliphatic rings. The van der Waals surface area contributed by atoms with Crippen LogP contribution in [0.1, 0.15) is 42.7 Å². The second-order valence-corrected chi connectivity index (χ2v) is 9.82. The van der Waals surface area contributed by atoms with Crippen molar-refractivity contribution in [2.24, 2.45) is 5.92 Å². The summed E-state index contributed by atoms with van der Waals surface area (Å²) in [5.74, 6) is 0.626. The summed E-state index contributed by atoms with van der Waals surface area (Å²) in [5.41, 5.74) is 2.90. The highest BCUT2D eigenvalue weighted by molar-refractivity contribution is 5.92. The van der Waals surface area contributed by atoms with Crippen LogP contribution in [0.3, 0.4) is 0 Å². The van der Waals surface area contributed by atoms with Crippen LogP contribution < -0.4 is 15.4 Å². The maximum atomic E-state index is 12.7. The van der Waals surface area contributed by atoms with Gasteiger partial charge in [0.15, 0.2) is 0 Å². The van der Waals surface area contributed by atoms with Crippen LogP contribution in [0, 0.1) is 5.92 Å². The number of ether oxygens (including phenoxy) is 3. The van der Waals surface area contributed by atoms with Gasteiger partial charge in [-0.3, -0.25) is 9.59 Å². The Labute approximate surface area is 211 Å². The van der Waals surface area contributed by atoms with Gasteiger partial charge in [-0.25, -0.2) is 0 Å². The van der Waals surface area contributed by atoms with Gasteiger partial charge < -0.3 is 30.0 Å². The topological polar surface area (TPSA) is 106 Å². The lowest BCUT2D eigenvalue weighted by Gasteiger charge is -2.37. The van der Waals surface area contributed by atoms with Crippen LogP contribution in [0.5, 0.6) is 5.75 Å². The number of hydrogen-bond donors (Lipinski definition) is 3. The lowest BCUT2D eigenvalue weighted by Crippen LogP contribution is -2.47. The molecule has 2 saturated heterocycles. The molecule has 0 aromatic heterocycles. The van der Waals surface area contributed by atoms with E-state index < -0.39 is 6.10 Å². The van der Waals surface area contributed by atoms with Crippen molar-refractivity contribution >= 4 is 17.5 Å². The fraction of sp³-hybridized carbons (Fsp3) is 0.500. The largest absolute Gasteiger partial charge is 0.487 e. The minimum Gasteiger partial charge on any atom is -0.487 e. The fourth-order valence-electron chi connectivity index (χ4n) is 5.44. The highest BCUT2D eigenvalue weighted by Gasteiger charge is 2.46. The number of aliphatic hydroxyl groups excluding tert-OH is 1. The van der Waals surface area contributed by atoms with E-state index >= 15 is 0 Å². The lowest BCUT2D eigenvalue weighted by atomic mass is 9.84. The Bertz CT molecular complexity index is 1060. The third kappa shape index (κ3) is 5.72. The fourth-order valence-corrected chi connectivity index (χ4v) is 5.44. The molecular weight excluding hydrogens is 460 g/mol. The van der Waals surface area contributed by atoms with Crippen molar-refractivity contribution in [3.8, 4) is 5.75 Å². The second kappa shape index (κ2) is 11.4. The van der Waals surface area contributed by atoms with Gasteiger partial charge in [-0.15, -0.1) is 0 Å². The van der Waals surface area contributed by atoms with Gasteiger partial charge in [0, 0.05) is 42.8 Å². The highest BCUT2D eigenvalue weighted by Crippen LogP contribution is 2.47. The Kier molecular flexibility index (Phi) is 7.84. The lowest BCUT2D eigenvalue weighted by molar-refractivity contribution is -0.142. The van der Waals surface area contributed by atoms with Gasteiger partial charge in [-0.05, 0) is 49.4 Å². The van der Waals surface area contributed by atoms with Crippen molar-refractivity contribution in [2.45, 2.75) is 56.3 Å². The number of fused-ring (bicyclic) bond motifs is 3. The molecule has 2 aromatic rings. The van der Waals surface area contributed by atoms with E-state index in [0.717, 1.165) is 36.3 Å². The van der Waals surface area contributed by atoms with E-state index in [-0.39, 0.29) is 48.9 Å². The number of nitrogens with one attached hydrogen (secondary N) is 2. The monoisotopic (exact) mass is 494 g/mol. The summed E-state index contributed by atoms with van der Waals surface area (Å²) in [7, 11) is 0. The number of carbonyl (C=O) groups is 2. The minimum absolute atomic E-state index is 0.0129. The first kappa shape index (κ1) is 24.7. The number of anilines is 1. The molecule has 0 saturated carbocycles. The Morgan fingerprint density at radius 1 is 1.06 bits per heavy atom. The summed E-state index contributed by atoms with van der Waals surface area (Å²) >= 11 is 0. The Morgan fingerprint density at radius 3 is 2.64 bits per heavy atom. The summed E-state index contributed by atoms with van der Waals surface area (Å²) in [5, 5.41) is 16.0. The van der Waals surface area contributed by atoms with E-state index in [0.29, 0.717) is 26.2 Å². The van der Waals surface area contributed by atoms with Gasteiger partial charge in [0.2, 0.25) is 11.8 Å². The van der Waals surface area contributed by atoms with Gasteiger partial charge in [0.25, 0.3) is 0 Å². The molecule has 8 nitrogen and oxygen atoms in total. The molecule has 0 spiro atoms. The van der Waals surface area contributed by atoms with Gasteiger partial charge in [-0.2, -0.15) is 0 Å². The van der Waals surface area contributed by atoms with Crippen molar-refractivity contribution in [1.82, 2.24) is 5.32 Å². The van der Waals surface area contributed by atoms with E-state index in [1.54, 1.807) is 0 Å². The number of carbonyl (C=O) groups excluding carboxylic acids is 2. The summed E-state index contributed by atoms with van der Waals surface area (Å²) in [6.07, 6.45) is 1.91. The van der Waals surface area contributed by atoms with E-state index in [2.05, 4.69) is 10.6 Å². The second-order valence-electron chi connectivity index (χ2n) is 9.82. The molecule has 3 heterocycles. The maximum absolute atomic E-state index is 12.7. The number of rotatable bonds is 8. The zero-order valence-electron chi connectivity index (χ0n) is 20.4. The minimum atomic E-state index is -0.515. The van der Waals surface area contributed by atoms with Crippen molar-refractivity contribution in [3.05, 3.63) is 59.7 Å². The standard InChI is InChI=1S/C28H34N2O6/c31-17-25-27-23(15-21(35-25)16-26(32)29-11-8-18-4-2-1-3-5-18)22-14-20(6-7-24(22)36-27)30-28(33)19-9-12-34-13-10-19/h1-7,14,19,21,23,25,27,31H,8-13,15-17H2,(H,29,32)(H,30,33)/t21-,23-,25-,27+/m1/s1. The third-order valence-electron chi connectivity index (χ3n) is 7.35. The number of amides is 2. The summed E-state index contributed by atoms with van der Waals surface area (Å²) < 4.78 is 17.6. The Hall–Kier alpha value is -2.94. The van der Waals surface area contributed by atoms with Gasteiger partial charge in [0.05, 0.1) is 19.1 Å². The Balaban J connectivity index is 1.20. The molecule has 36 heavy (non-hydrogen) atoms. The molecule has 2 amide bonds.